The second kappa shape index (κ2) is 6.89. The average Bonchev–Trinajstić information content (AvgIpc) is 2.12. The van der Waals surface area contributed by atoms with Gasteiger partial charge >= 0.3 is 5.97 Å². The van der Waals surface area contributed by atoms with Crippen LogP contribution in [0.1, 0.15) is 6.92 Å². The van der Waals surface area contributed by atoms with Gasteiger partial charge in [0.1, 0.15) is 0 Å². The number of methoxy groups -OCH3 is 1. The highest BCUT2D eigenvalue weighted by Gasteiger charge is 2.34. The van der Waals surface area contributed by atoms with E-state index < -0.39 is 30.5 Å². The largest absolute Gasteiger partial charge is 0.469 e. The fraction of sp³-hybridized carbons (Fsp3) is 0.857. The van der Waals surface area contributed by atoms with Crippen LogP contribution in [0.2, 0.25) is 0 Å². The van der Waals surface area contributed by atoms with Crippen molar-refractivity contribution in [2.45, 2.75) is 25.6 Å². The standard InChI is InChI=1S/C7H12F3NO2.ClH/c1-3(7(12)13-2)5(11)4(8)6(9)10;/h3-6H,11H2,1-2H3;1H. The molecule has 0 aliphatic rings. The Balaban J connectivity index is 0. The molecule has 14 heavy (non-hydrogen) atoms. The highest BCUT2D eigenvalue weighted by Crippen LogP contribution is 2.15. The van der Waals surface area contributed by atoms with Crippen molar-refractivity contribution in [1.82, 2.24) is 0 Å². The van der Waals surface area contributed by atoms with Crippen LogP contribution in [0.25, 0.3) is 0 Å². The van der Waals surface area contributed by atoms with Crippen LogP contribution in [-0.4, -0.2) is 31.7 Å². The number of carbonyl (C=O) groups excluding carboxylic acids is 1. The molecule has 0 amide bonds. The summed E-state index contributed by atoms with van der Waals surface area (Å²) in [5.74, 6) is -1.87. The molecule has 7 heteroatoms. The zero-order valence-electron chi connectivity index (χ0n) is 7.75. The average molecular weight is 236 g/mol. The molecule has 0 bridgehead atoms. The summed E-state index contributed by atoms with van der Waals surface area (Å²) in [6.07, 6.45) is -5.68. The second-order valence-corrected chi connectivity index (χ2v) is 2.67. The minimum Gasteiger partial charge on any atom is -0.469 e. The first-order valence-electron chi connectivity index (χ1n) is 3.67. The van der Waals surface area contributed by atoms with Crippen molar-refractivity contribution in [3.05, 3.63) is 0 Å². The Labute approximate surface area is 86.2 Å². The number of carbonyl (C=O) groups is 1. The number of alkyl halides is 3. The zero-order chi connectivity index (χ0) is 10.6. The number of nitrogens with two attached hydrogens (primary N) is 1. The molecule has 0 aliphatic carbocycles. The quantitative estimate of drug-likeness (QED) is 0.744. The Morgan fingerprint density at radius 3 is 2.07 bits per heavy atom. The Morgan fingerprint density at radius 2 is 1.79 bits per heavy atom. The molecule has 0 spiro atoms. The SMILES string of the molecule is COC(=O)C(C)C(N)C(F)C(F)F.Cl. The molecule has 0 fully saturated rings. The molecule has 2 N–H and O–H groups in total. The van der Waals surface area contributed by atoms with Gasteiger partial charge in [-0.15, -0.1) is 12.4 Å². The molecule has 3 atom stereocenters. The van der Waals surface area contributed by atoms with Gasteiger partial charge in [-0.3, -0.25) is 4.79 Å². The van der Waals surface area contributed by atoms with Crippen molar-refractivity contribution >= 4 is 18.4 Å². The summed E-state index contributed by atoms with van der Waals surface area (Å²) < 4.78 is 40.4. The van der Waals surface area contributed by atoms with Crippen LogP contribution < -0.4 is 5.73 Å². The van der Waals surface area contributed by atoms with Gasteiger partial charge in [-0.2, -0.15) is 0 Å². The lowest BCUT2D eigenvalue weighted by Gasteiger charge is -2.20. The summed E-state index contributed by atoms with van der Waals surface area (Å²) in [6, 6.07) is -1.53. The van der Waals surface area contributed by atoms with Gasteiger partial charge in [0.2, 0.25) is 0 Å². The predicted molar refractivity (Wildman–Crippen MR) is 47.3 cm³/mol. The summed E-state index contributed by atoms with van der Waals surface area (Å²) in [5, 5.41) is 0. The first kappa shape index (κ1) is 16.0. The third kappa shape index (κ3) is 4.15. The minimum atomic E-state index is -3.18. The molecule has 0 aromatic heterocycles. The highest BCUT2D eigenvalue weighted by atomic mass is 35.5. The van der Waals surface area contributed by atoms with E-state index in [2.05, 4.69) is 4.74 Å². The van der Waals surface area contributed by atoms with Crippen molar-refractivity contribution in [3.8, 4) is 0 Å². The van der Waals surface area contributed by atoms with Crippen molar-refractivity contribution in [2.75, 3.05) is 7.11 Å². The number of hydrogen-bond donors (Lipinski definition) is 1. The van der Waals surface area contributed by atoms with Gasteiger partial charge in [-0.1, -0.05) is 6.92 Å². The number of rotatable bonds is 4. The maximum atomic E-state index is 12.6. The van der Waals surface area contributed by atoms with Crippen molar-refractivity contribution < 1.29 is 22.7 Å². The first-order valence-corrected chi connectivity index (χ1v) is 3.67. The normalized spacial score (nSPS) is 16.8. The van der Waals surface area contributed by atoms with Crippen LogP contribution in [0.5, 0.6) is 0 Å². The highest BCUT2D eigenvalue weighted by molar-refractivity contribution is 5.85. The summed E-state index contributed by atoms with van der Waals surface area (Å²) >= 11 is 0. The van der Waals surface area contributed by atoms with Gasteiger partial charge < -0.3 is 10.5 Å². The molecule has 3 nitrogen and oxygen atoms in total. The van der Waals surface area contributed by atoms with Crippen molar-refractivity contribution in [2.24, 2.45) is 11.7 Å². The second-order valence-electron chi connectivity index (χ2n) is 2.67. The maximum Gasteiger partial charge on any atom is 0.310 e. The minimum absolute atomic E-state index is 0. The monoisotopic (exact) mass is 235 g/mol. The van der Waals surface area contributed by atoms with Gasteiger partial charge in [0.05, 0.1) is 19.1 Å². The fourth-order valence-electron chi connectivity index (χ4n) is 0.787. The summed E-state index contributed by atoms with van der Waals surface area (Å²) in [6.45, 7) is 1.24. The lowest BCUT2D eigenvalue weighted by molar-refractivity contribution is -0.146. The Kier molecular flexibility index (Phi) is 7.85. The molecular weight excluding hydrogens is 223 g/mol. The van der Waals surface area contributed by atoms with Gasteiger partial charge in [0.15, 0.2) is 6.17 Å². The van der Waals surface area contributed by atoms with Crippen molar-refractivity contribution in [1.29, 1.82) is 0 Å². The third-order valence-electron chi connectivity index (χ3n) is 1.76. The number of esters is 1. The van der Waals surface area contributed by atoms with Crippen LogP contribution in [0.3, 0.4) is 0 Å². The van der Waals surface area contributed by atoms with Crippen LogP contribution in [0.4, 0.5) is 13.2 Å². The topological polar surface area (TPSA) is 52.3 Å². The Bertz CT molecular complexity index is 182. The van der Waals surface area contributed by atoms with E-state index in [1.54, 1.807) is 0 Å². The Hall–Kier alpha value is -0.490. The van der Waals surface area contributed by atoms with Gasteiger partial charge in [-0.05, 0) is 0 Å². The molecule has 0 aromatic carbocycles. The molecule has 0 saturated carbocycles. The van der Waals surface area contributed by atoms with E-state index in [1.165, 1.54) is 6.92 Å². The van der Waals surface area contributed by atoms with E-state index in [0.29, 0.717) is 0 Å². The van der Waals surface area contributed by atoms with Crippen LogP contribution >= 0.6 is 12.4 Å². The molecule has 0 aliphatic heterocycles. The molecule has 0 rings (SSSR count). The maximum absolute atomic E-state index is 12.6. The molecular formula is C7H13ClF3NO2. The lowest BCUT2D eigenvalue weighted by Crippen LogP contribution is -2.44. The predicted octanol–water partition coefficient (Wildman–Crippen LogP) is 1.15. The molecule has 86 valence electrons. The van der Waals surface area contributed by atoms with Gasteiger partial charge in [-0.25, -0.2) is 13.2 Å². The van der Waals surface area contributed by atoms with Crippen molar-refractivity contribution in [3.63, 3.8) is 0 Å². The fourth-order valence-corrected chi connectivity index (χ4v) is 0.787. The molecule has 0 aromatic rings. The number of ether oxygens (including phenoxy) is 1. The van der Waals surface area contributed by atoms with E-state index in [-0.39, 0.29) is 12.4 Å². The molecule has 0 heterocycles. The number of hydrogen-bond acceptors (Lipinski definition) is 3. The molecule has 0 radical (unpaired) electrons. The van der Waals surface area contributed by atoms with Gasteiger partial charge in [0.25, 0.3) is 6.43 Å². The van der Waals surface area contributed by atoms with Gasteiger partial charge in [0, 0.05) is 0 Å². The van der Waals surface area contributed by atoms with E-state index in [4.69, 9.17) is 5.73 Å². The summed E-state index contributed by atoms with van der Waals surface area (Å²) in [4.78, 5) is 10.8. The van der Waals surface area contributed by atoms with E-state index in [1.807, 2.05) is 0 Å². The van der Waals surface area contributed by atoms with Crippen LogP contribution in [-0.2, 0) is 9.53 Å². The first-order chi connectivity index (χ1) is 5.91. The van der Waals surface area contributed by atoms with E-state index in [0.717, 1.165) is 7.11 Å². The summed E-state index contributed by atoms with van der Waals surface area (Å²) in [5.41, 5.74) is 5.08. The zero-order valence-corrected chi connectivity index (χ0v) is 8.56. The summed E-state index contributed by atoms with van der Waals surface area (Å²) in [7, 11) is 1.08. The number of halogens is 4. The smallest absolute Gasteiger partial charge is 0.310 e. The third-order valence-corrected chi connectivity index (χ3v) is 1.76. The van der Waals surface area contributed by atoms with Crippen LogP contribution in [0, 0.1) is 5.92 Å². The Morgan fingerprint density at radius 1 is 1.36 bits per heavy atom. The lowest BCUT2D eigenvalue weighted by atomic mass is 9.99. The van der Waals surface area contributed by atoms with E-state index >= 15 is 0 Å². The molecule has 0 saturated heterocycles. The van der Waals surface area contributed by atoms with Crippen LogP contribution in [0.15, 0.2) is 0 Å². The van der Waals surface area contributed by atoms with E-state index in [9.17, 15) is 18.0 Å². The molecule has 3 unspecified atom stereocenters.